The molecule has 1 unspecified atom stereocenters. The van der Waals surface area contributed by atoms with Gasteiger partial charge in [0.1, 0.15) is 0 Å². The zero-order chi connectivity index (χ0) is 16.1. The first-order chi connectivity index (χ1) is 11.2. The number of carbonyl (C=O) groups excluding carboxylic acids is 1. The molecule has 6 nitrogen and oxygen atoms in total. The van der Waals surface area contributed by atoms with E-state index in [0.717, 1.165) is 64.4 Å². The number of carbonyl (C=O) groups is 1. The third-order valence-corrected chi connectivity index (χ3v) is 5.03. The van der Waals surface area contributed by atoms with Crippen molar-refractivity contribution in [3.8, 4) is 0 Å². The van der Waals surface area contributed by atoms with Crippen LogP contribution in [0.15, 0.2) is 18.5 Å². The van der Waals surface area contributed by atoms with E-state index in [-0.39, 0.29) is 11.4 Å². The fourth-order valence-corrected chi connectivity index (χ4v) is 3.76. The van der Waals surface area contributed by atoms with E-state index in [0.29, 0.717) is 0 Å². The molecule has 0 aliphatic carbocycles. The zero-order valence-corrected chi connectivity index (χ0v) is 14.0. The van der Waals surface area contributed by atoms with Crippen LogP contribution in [-0.4, -0.2) is 53.6 Å². The van der Waals surface area contributed by atoms with Crippen molar-refractivity contribution in [1.82, 2.24) is 20.2 Å². The quantitative estimate of drug-likeness (QED) is 0.866. The first-order valence-corrected chi connectivity index (χ1v) is 8.77. The Morgan fingerprint density at radius 3 is 2.87 bits per heavy atom. The van der Waals surface area contributed by atoms with E-state index >= 15 is 0 Å². The number of hydrogen-bond acceptors (Lipinski definition) is 4. The van der Waals surface area contributed by atoms with Crippen LogP contribution in [0.4, 0.5) is 10.7 Å². The number of piperidine rings is 1. The number of rotatable bonds is 4. The predicted octanol–water partition coefficient (Wildman–Crippen LogP) is 2.28. The molecule has 1 aromatic rings. The number of amides is 2. The Balaban J connectivity index is 1.59. The molecule has 2 aliphatic rings. The fraction of sp³-hybridized carbons (Fsp3) is 0.706. The summed E-state index contributed by atoms with van der Waals surface area (Å²) in [5.41, 5.74) is 0.208. The highest BCUT2D eigenvalue weighted by molar-refractivity contribution is 5.74. The molecule has 2 saturated heterocycles. The molecule has 6 heteroatoms. The molecule has 2 fully saturated rings. The average molecular weight is 317 g/mol. The fourth-order valence-electron chi connectivity index (χ4n) is 3.76. The summed E-state index contributed by atoms with van der Waals surface area (Å²) in [7, 11) is 0. The maximum Gasteiger partial charge on any atom is 0.317 e. The number of aromatic nitrogens is 2. The van der Waals surface area contributed by atoms with Crippen LogP contribution in [-0.2, 0) is 0 Å². The van der Waals surface area contributed by atoms with Gasteiger partial charge >= 0.3 is 6.03 Å². The second-order valence-electron chi connectivity index (χ2n) is 6.83. The van der Waals surface area contributed by atoms with Crippen molar-refractivity contribution in [3.63, 3.8) is 0 Å². The van der Waals surface area contributed by atoms with Crippen molar-refractivity contribution in [2.75, 3.05) is 37.6 Å². The van der Waals surface area contributed by atoms with Crippen LogP contribution in [0.1, 0.15) is 39.0 Å². The third kappa shape index (κ3) is 3.74. The van der Waals surface area contributed by atoms with E-state index in [1.165, 1.54) is 6.42 Å². The minimum atomic E-state index is 0.100. The molecule has 2 amide bonds. The van der Waals surface area contributed by atoms with E-state index in [1.54, 1.807) is 12.4 Å². The van der Waals surface area contributed by atoms with Gasteiger partial charge in [0.15, 0.2) is 0 Å². The molecule has 0 bridgehead atoms. The van der Waals surface area contributed by atoms with Crippen molar-refractivity contribution in [2.45, 2.75) is 39.0 Å². The third-order valence-electron chi connectivity index (χ3n) is 5.03. The van der Waals surface area contributed by atoms with Crippen LogP contribution >= 0.6 is 0 Å². The highest BCUT2D eigenvalue weighted by Gasteiger charge is 2.43. The second kappa shape index (κ2) is 7.15. The Morgan fingerprint density at radius 1 is 1.26 bits per heavy atom. The molecule has 1 spiro atoms. The van der Waals surface area contributed by atoms with Crippen molar-refractivity contribution in [2.24, 2.45) is 5.41 Å². The minimum Gasteiger partial charge on any atom is -0.340 e. The number of urea groups is 1. The average Bonchev–Trinajstić information content (AvgIpc) is 2.99. The molecular weight excluding hydrogens is 290 g/mol. The van der Waals surface area contributed by atoms with Gasteiger partial charge in [0.05, 0.1) is 0 Å². The summed E-state index contributed by atoms with van der Waals surface area (Å²) in [6.07, 6.45) is 9.16. The molecule has 0 aromatic carbocycles. The SMILES string of the molecule is CCCCNC(=O)N1CCC2(CCCN(c3ncccn3)C2)C1. The van der Waals surface area contributed by atoms with Crippen LogP contribution in [0.25, 0.3) is 0 Å². The van der Waals surface area contributed by atoms with Gasteiger partial charge in [-0.05, 0) is 31.7 Å². The van der Waals surface area contributed by atoms with E-state index < -0.39 is 0 Å². The van der Waals surface area contributed by atoms with Crippen molar-refractivity contribution >= 4 is 12.0 Å². The molecule has 126 valence electrons. The van der Waals surface area contributed by atoms with Gasteiger partial charge in [-0.3, -0.25) is 0 Å². The van der Waals surface area contributed by atoms with Crippen molar-refractivity contribution < 1.29 is 4.79 Å². The lowest BCUT2D eigenvalue weighted by atomic mass is 9.79. The van der Waals surface area contributed by atoms with E-state index in [9.17, 15) is 4.79 Å². The Hall–Kier alpha value is -1.85. The summed E-state index contributed by atoms with van der Waals surface area (Å²) < 4.78 is 0. The highest BCUT2D eigenvalue weighted by Crippen LogP contribution is 2.39. The molecule has 1 aromatic heterocycles. The monoisotopic (exact) mass is 317 g/mol. The van der Waals surface area contributed by atoms with Gasteiger partial charge in [0, 0.05) is 50.5 Å². The Kier molecular flexibility index (Phi) is 4.98. The Labute approximate surface area is 138 Å². The molecule has 1 N–H and O–H groups in total. The van der Waals surface area contributed by atoms with Crippen LogP contribution in [0.5, 0.6) is 0 Å². The highest BCUT2D eigenvalue weighted by atomic mass is 16.2. The lowest BCUT2D eigenvalue weighted by molar-refractivity contribution is 0.191. The molecule has 3 rings (SSSR count). The van der Waals surface area contributed by atoms with Crippen molar-refractivity contribution in [1.29, 1.82) is 0 Å². The van der Waals surface area contributed by atoms with Crippen LogP contribution < -0.4 is 10.2 Å². The largest absolute Gasteiger partial charge is 0.340 e. The predicted molar refractivity (Wildman–Crippen MR) is 90.4 cm³/mol. The van der Waals surface area contributed by atoms with Gasteiger partial charge in [-0.25, -0.2) is 14.8 Å². The molecule has 3 heterocycles. The number of anilines is 1. The molecule has 0 saturated carbocycles. The number of likely N-dealkylation sites (tertiary alicyclic amines) is 1. The van der Waals surface area contributed by atoms with Gasteiger partial charge in [-0.1, -0.05) is 13.3 Å². The van der Waals surface area contributed by atoms with Gasteiger partial charge < -0.3 is 15.1 Å². The minimum absolute atomic E-state index is 0.100. The molecular formula is C17H27N5O. The van der Waals surface area contributed by atoms with Gasteiger partial charge in [0.25, 0.3) is 0 Å². The van der Waals surface area contributed by atoms with Crippen LogP contribution in [0, 0.1) is 5.41 Å². The molecule has 0 radical (unpaired) electrons. The summed E-state index contributed by atoms with van der Waals surface area (Å²) in [6.45, 7) is 6.60. The van der Waals surface area contributed by atoms with E-state index in [2.05, 4.69) is 27.1 Å². The topological polar surface area (TPSA) is 61.4 Å². The van der Waals surface area contributed by atoms with E-state index in [1.807, 2.05) is 11.0 Å². The summed E-state index contributed by atoms with van der Waals surface area (Å²) in [4.78, 5) is 25.3. The number of nitrogens with one attached hydrogen (secondary N) is 1. The second-order valence-corrected chi connectivity index (χ2v) is 6.83. The van der Waals surface area contributed by atoms with E-state index in [4.69, 9.17) is 0 Å². The number of hydrogen-bond donors (Lipinski definition) is 1. The lowest BCUT2D eigenvalue weighted by Crippen LogP contribution is -2.47. The molecule has 23 heavy (non-hydrogen) atoms. The number of unbranched alkanes of at least 4 members (excludes halogenated alkanes) is 1. The van der Waals surface area contributed by atoms with Gasteiger partial charge in [-0.2, -0.15) is 0 Å². The van der Waals surface area contributed by atoms with Crippen molar-refractivity contribution in [3.05, 3.63) is 18.5 Å². The zero-order valence-electron chi connectivity index (χ0n) is 14.0. The normalized spacial score (nSPS) is 24.2. The Morgan fingerprint density at radius 2 is 2.09 bits per heavy atom. The lowest BCUT2D eigenvalue weighted by Gasteiger charge is -2.40. The first kappa shape index (κ1) is 16.0. The van der Waals surface area contributed by atoms with Gasteiger partial charge in [0.2, 0.25) is 5.95 Å². The van der Waals surface area contributed by atoms with Crippen LogP contribution in [0.3, 0.4) is 0 Å². The standard InChI is InChI=1S/C17H27N5O/c1-2-3-8-20-16(23)22-12-7-17(14-22)6-4-11-21(13-17)15-18-9-5-10-19-15/h5,9-10H,2-4,6-8,11-14H2,1H3,(H,20,23). The summed E-state index contributed by atoms with van der Waals surface area (Å²) in [5, 5.41) is 3.04. The summed E-state index contributed by atoms with van der Waals surface area (Å²) in [5.74, 6) is 0.817. The summed E-state index contributed by atoms with van der Waals surface area (Å²) >= 11 is 0. The number of nitrogens with zero attached hydrogens (tertiary/aromatic N) is 4. The van der Waals surface area contributed by atoms with Gasteiger partial charge in [-0.15, -0.1) is 0 Å². The molecule has 2 aliphatic heterocycles. The smallest absolute Gasteiger partial charge is 0.317 e. The maximum atomic E-state index is 12.3. The van der Waals surface area contributed by atoms with Crippen LogP contribution in [0.2, 0.25) is 0 Å². The molecule has 1 atom stereocenters. The maximum absolute atomic E-state index is 12.3. The first-order valence-electron chi connectivity index (χ1n) is 8.77. The summed E-state index contributed by atoms with van der Waals surface area (Å²) in [6, 6.07) is 1.95. The Bertz CT molecular complexity index is 523.